The van der Waals surface area contributed by atoms with E-state index in [1.165, 1.54) is 0 Å². The quantitative estimate of drug-likeness (QED) is 0.433. The molecule has 0 amide bonds. The molecule has 1 atom stereocenters. The lowest BCUT2D eigenvalue weighted by atomic mass is 10.2. The fourth-order valence-corrected chi connectivity index (χ4v) is 4.06. The summed E-state index contributed by atoms with van der Waals surface area (Å²) in [5.74, 6) is -0.231. The van der Waals surface area contributed by atoms with E-state index in [0.29, 0.717) is 6.23 Å². The van der Waals surface area contributed by atoms with Crippen molar-refractivity contribution in [2.45, 2.75) is 65.1 Å². The van der Waals surface area contributed by atoms with Gasteiger partial charge >= 0.3 is 5.97 Å². The van der Waals surface area contributed by atoms with E-state index in [-0.39, 0.29) is 23.0 Å². The molecule has 0 saturated heterocycles. The lowest BCUT2D eigenvalue weighted by molar-refractivity contribution is -0.141. The molecular formula is C14H28O3Si. The summed E-state index contributed by atoms with van der Waals surface area (Å²) in [5, 5.41) is 0.00867. The van der Waals surface area contributed by atoms with Crippen LogP contribution in [-0.4, -0.2) is 26.1 Å². The van der Waals surface area contributed by atoms with Gasteiger partial charge in [-0.05, 0) is 32.4 Å². The van der Waals surface area contributed by atoms with Crippen LogP contribution in [0, 0.1) is 0 Å². The normalized spacial score (nSPS) is 15.9. The van der Waals surface area contributed by atoms with Crippen LogP contribution < -0.4 is 0 Å². The average Bonchev–Trinajstić information content (AvgIpc) is 2.11. The summed E-state index contributed by atoms with van der Waals surface area (Å²) in [7, 11) is -2.16. The Bertz CT molecular complexity index is 299. The minimum absolute atomic E-state index is 0.00867. The van der Waals surface area contributed by atoms with Crippen molar-refractivity contribution in [3.63, 3.8) is 0 Å². The van der Waals surface area contributed by atoms with Crippen molar-refractivity contribution in [2.24, 2.45) is 0 Å². The Hall–Kier alpha value is -0.613. The maximum absolute atomic E-state index is 11.5. The van der Waals surface area contributed by atoms with Gasteiger partial charge in [-0.1, -0.05) is 26.8 Å². The molecule has 0 radical (unpaired) electrons. The molecule has 0 N–H and O–H groups in total. The maximum Gasteiger partial charge on any atom is 0.309 e. The van der Waals surface area contributed by atoms with Crippen LogP contribution >= 0.6 is 0 Å². The van der Waals surface area contributed by atoms with Gasteiger partial charge in [-0.2, -0.15) is 0 Å². The van der Waals surface area contributed by atoms with Crippen molar-refractivity contribution in [1.29, 1.82) is 0 Å². The van der Waals surface area contributed by atoms with Gasteiger partial charge in [-0.15, -0.1) is 6.58 Å². The molecule has 0 aromatic rings. The predicted molar refractivity (Wildman–Crippen MR) is 77.9 cm³/mol. The van der Waals surface area contributed by atoms with E-state index in [4.69, 9.17) is 9.16 Å². The second kappa shape index (κ2) is 6.02. The highest BCUT2D eigenvalue weighted by molar-refractivity contribution is 6.75. The van der Waals surface area contributed by atoms with Crippen LogP contribution in [0.2, 0.25) is 11.6 Å². The summed E-state index contributed by atoms with van der Waals surface area (Å²) < 4.78 is 11.6. The van der Waals surface area contributed by atoms with E-state index in [1.54, 1.807) is 6.08 Å². The standard InChI is InChI=1S/C14H28O3Si/c1-9-10-12(15)16-11-18(8,14(5,6)7)17-13(2,3)4/h9H,1,10-11H2,2-8H3. The highest BCUT2D eigenvalue weighted by Gasteiger charge is 2.46. The van der Waals surface area contributed by atoms with Crippen molar-refractivity contribution >= 4 is 14.3 Å². The first-order valence-electron chi connectivity index (χ1n) is 6.38. The zero-order valence-electron chi connectivity index (χ0n) is 12.9. The Morgan fingerprint density at radius 2 is 1.72 bits per heavy atom. The Kier molecular flexibility index (Phi) is 5.81. The van der Waals surface area contributed by atoms with Gasteiger partial charge in [-0.3, -0.25) is 4.79 Å². The van der Waals surface area contributed by atoms with Crippen LogP contribution in [0.3, 0.4) is 0 Å². The molecule has 3 nitrogen and oxygen atoms in total. The number of hydrogen-bond donors (Lipinski definition) is 0. The number of esters is 1. The summed E-state index contributed by atoms with van der Waals surface area (Å²) >= 11 is 0. The van der Waals surface area contributed by atoms with Crippen LogP contribution in [0.15, 0.2) is 12.7 Å². The molecule has 0 aromatic carbocycles. The van der Waals surface area contributed by atoms with E-state index in [2.05, 4.69) is 33.9 Å². The first-order chi connectivity index (χ1) is 7.91. The van der Waals surface area contributed by atoms with E-state index in [1.807, 2.05) is 20.8 Å². The van der Waals surface area contributed by atoms with Gasteiger partial charge in [0.05, 0.1) is 6.42 Å². The zero-order valence-corrected chi connectivity index (χ0v) is 13.9. The molecule has 0 spiro atoms. The molecule has 1 unspecified atom stereocenters. The predicted octanol–water partition coefficient (Wildman–Crippen LogP) is 3.84. The summed E-state index contributed by atoms with van der Waals surface area (Å²) in [6.45, 7) is 18.2. The molecular weight excluding hydrogens is 244 g/mol. The van der Waals surface area contributed by atoms with E-state index in [9.17, 15) is 4.79 Å². The van der Waals surface area contributed by atoms with Gasteiger partial charge in [0.15, 0.2) is 0 Å². The van der Waals surface area contributed by atoms with Crippen LogP contribution in [0.4, 0.5) is 0 Å². The molecule has 0 aliphatic carbocycles. The van der Waals surface area contributed by atoms with Crippen molar-refractivity contribution < 1.29 is 14.0 Å². The summed E-state index contributed by atoms with van der Waals surface area (Å²) in [5.41, 5.74) is -0.223. The third-order valence-electron chi connectivity index (χ3n) is 2.94. The molecule has 0 fully saturated rings. The molecule has 0 aliphatic heterocycles. The molecule has 0 aliphatic rings. The summed E-state index contributed by atoms with van der Waals surface area (Å²) in [4.78, 5) is 11.5. The molecule has 0 aromatic heterocycles. The van der Waals surface area contributed by atoms with Gasteiger partial charge in [0.2, 0.25) is 8.32 Å². The SMILES string of the molecule is C=CCC(=O)OC[Si](C)(OC(C)(C)C)C(C)(C)C. The van der Waals surface area contributed by atoms with Crippen LogP contribution in [0.5, 0.6) is 0 Å². The van der Waals surface area contributed by atoms with Gasteiger partial charge in [-0.25, -0.2) is 0 Å². The number of carbonyl (C=O) groups is 1. The minimum atomic E-state index is -2.16. The number of rotatable bonds is 5. The third kappa shape index (κ3) is 5.82. The molecule has 0 saturated carbocycles. The van der Waals surface area contributed by atoms with Crippen molar-refractivity contribution in [3.05, 3.63) is 12.7 Å². The average molecular weight is 272 g/mol. The lowest BCUT2D eigenvalue weighted by Gasteiger charge is -2.43. The first-order valence-corrected chi connectivity index (χ1v) is 8.99. The molecule has 106 valence electrons. The maximum atomic E-state index is 11.5. The van der Waals surface area contributed by atoms with E-state index in [0.717, 1.165) is 0 Å². The lowest BCUT2D eigenvalue weighted by Crippen LogP contribution is -2.53. The fraction of sp³-hybridized carbons (Fsp3) is 0.786. The van der Waals surface area contributed by atoms with Crippen LogP contribution in [-0.2, 0) is 14.0 Å². The number of ether oxygens (including phenoxy) is 1. The van der Waals surface area contributed by atoms with Gasteiger partial charge in [0.25, 0.3) is 0 Å². The number of carbonyl (C=O) groups excluding carboxylic acids is 1. The number of hydrogen-bond acceptors (Lipinski definition) is 3. The summed E-state index contributed by atoms with van der Waals surface area (Å²) in [6.07, 6.45) is 2.20. The Labute approximate surface area is 113 Å². The smallest absolute Gasteiger partial charge is 0.309 e. The largest absolute Gasteiger partial charge is 0.466 e. The van der Waals surface area contributed by atoms with E-state index < -0.39 is 8.32 Å². The first kappa shape index (κ1) is 17.4. The molecule has 0 bridgehead atoms. The van der Waals surface area contributed by atoms with Gasteiger partial charge in [0.1, 0.15) is 6.23 Å². The van der Waals surface area contributed by atoms with Crippen molar-refractivity contribution in [2.75, 3.05) is 6.23 Å². The summed E-state index contributed by atoms with van der Waals surface area (Å²) in [6, 6.07) is 0. The molecule has 18 heavy (non-hydrogen) atoms. The third-order valence-corrected chi connectivity index (χ3v) is 7.87. The van der Waals surface area contributed by atoms with Crippen LogP contribution in [0.1, 0.15) is 48.0 Å². The minimum Gasteiger partial charge on any atom is -0.466 e. The van der Waals surface area contributed by atoms with Gasteiger partial charge < -0.3 is 9.16 Å². The Balaban J connectivity index is 4.80. The van der Waals surface area contributed by atoms with E-state index >= 15 is 0 Å². The van der Waals surface area contributed by atoms with Crippen molar-refractivity contribution in [3.8, 4) is 0 Å². The molecule has 0 rings (SSSR count). The molecule has 0 heterocycles. The topological polar surface area (TPSA) is 35.5 Å². The second-order valence-electron chi connectivity index (χ2n) is 6.85. The highest BCUT2D eigenvalue weighted by Crippen LogP contribution is 2.39. The van der Waals surface area contributed by atoms with Gasteiger partial charge in [0, 0.05) is 5.60 Å². The zero-order chi connectivity index (χ0) is 14.6. The monoisotopic (exact) mass is 272 g/mol. The Morgan fingerprint density at radius 1 is 1.22 bits per heavy atom. The highest BCUT2D eigenvalue weighted by atomic mass is 28.4. The second-order valence-corrected chi connectivity index (χ2v) is 11.3. The fourth-order valence-electron chi connectivity index (χ4n) is 1.47. The van der Waals surface area contributed by atoms with Crippen LogP contribution in [0.25, 0.3) is 0 Å². The van der Waals surface area contributed by atoms with Crippen molar-refractivity contribution in [1.82, 2.24) is 0 Å². The Morgan fingerprint density at radius 3 is 2.06 bits per heavy atom. The molecule has 4 heteroatoms.